The summed E-state index contributed by atoms with van der Waals surface area (Å²) in [6, 6.07) is 7.98. The molecule has 138 valence electrons. The molecule has 10 heteroatoms. The first-order valence-electron chi connectivity index (χ1n) is 7.20. The molecule has 0 saturated heterocycles. The van der Waals surface area contributed by atoms with Crippen molar-refractivity contribution in [3.8, 4) is 11.5 Å². The lowest BCUT2D eigenvalue weighted by atomic mass is 10.1. The second-order valence-corrected chi connectivity index (χ2v) is 7.19. The van der Waals surface area contributed by atoms with E-state index in [1.165, 1.54) is 38.5 Å². The van der Waals surface area contributed by atoms with Gasteiger partial charge in [-0.15, -0.1) is 0 Å². The van der Waals surface area contributed by atoms with Crippen molar-refractivity contribution in [2.75, 3.05) is 25.8 Å². The summed E-state index contributed by atoms with van der Waals surface area (Å²) >= 11 is 0. The number of ether oxygens (including phenoxy) is 2. The minimum absolute atomic E-state index is 0.0177. The van der Waals surface area contributed by atoms with E-state index in [0.717, 1.165) is 18.4 Å². The Morgan fingerprint density at radius 3 is 2.23 bits per heavy atom. The number of para-hydroxylation sites is 1. The third kappa shape index (κ3) is 3.91. The van der Waals surface area contributed by atoms with Gasteiger partial charge >= 0.3 is 0 Å². The van der Waals surface area contributed by atoms with Crippen LogP contribution in [0.15, 0.2) is 41.3 Å². The average Bonchev–Trinajstić information content (AvgIpc) is 2.59. The van der Waals surface area contributed by atoms with Crippen LogP contribution < -0.4 is 14.8 Å². The quantitative estimate of drug-likeness (QED) is 0.602. The number of methoxy groups -OCH3 is 2. The molecule has 0 unspecified atom stereocenters. The molecule has 0 atom stereocenters. The number of nitrogens with one attached hydrogen (secondary N) is 1. The van der Waals surface area contributed by atoms with Gasteiger partial charge in [-0.05, 0) is 12.1 Å². The first-order chi connectivity index (χ1) is 12.2. The Balaban J connectivity index is 2.53. The maximum atomic E-state index is 12.6. The second kappa shape index (κ2) is 7.40. The largest absolute Gasteiger partial charge is 0.493 e. The van der Waals surface area contributed by atoms with Crippen LogP contribution in [0.1, 0.15) is 10.4 Å². The van der Waals surface area contributed by atoms with Crippen molar-refractivity contribution in [1.82, 2.24) is 0 Å². The summed E-state index contributed by atoms with van der Waals surface area (Å²) in [4.78, 5) is 23.0. The maximum absolute atomic E-state index is 12.6. The van der Waals surface area contributed by atoms with E-state index in [2.05, 4.69) is 5.32 Å². The van der Waals surface area contributed by atoms with Gasteiger partial charge in [-0.3, -0.25) is 14.9 Å². The van der Waals surface area contributed by atoms with Gasteiger partial charge in [0.05, 0.1) is 35.8 Å². The van der Waals surface area contributed by atoms with Gasteiger partial charge < -0.3 is 14.8 Å². The fraction of sp³-hybridized carbons (Fsp3) is 0.188. The van der Waals surface area contributed by atoms with Crippen molar-refractivity contribution in [3.05, 3.63) is 52.1 Å². The van der Waals surface area contributed by atoms with E-state index in [1.54, 1.807) is 0 Å². The number of nitro groups is 1. The number of amides is 1. The Kier molecular flexibility index (Phi) is 5.46. The van der Waals surface area contributed by atoms with Crippen LogP contribution in [0.2, 0.25) is 0 Å². The molecule has 0 aliphatic heterocycles. The first kappa shape index (κ1) is 19.2. The minimum Gasteiger partial charge on any atom is -0.493 e. The van der Waals surface area contributed by atoms with Gasteiger partial charge in [0.25, 0.3) is 11.6 Å². The molecule has 2 aromatic carbocycles. The zero-order chi connectivity index (χ0) is 19.5. The number of carbonyl (C=O) groups excluding carboxylic acids is 1. The van der Waals surface area contributed by atoms with Gasteiger partial charge in [0.2, 0.25) is 0 Å². The van der Waals surface area contributed by atoms with Crippen LogP contribution >= 0.6 is 0 Å². The van der Waals surface area contributed by atoms with Crippen LogP contribution in [0.4, 0.5) is 11.4 Å². The lowest BCUT2D eigenvalue weighted by Gasteiger charge is -2.12. The number of benzene rings is 2. The lowest BCUT2D eigenvalue weighted by molar-refractivity contribution is -0.385. The van der Waals surface area contributed by atoms with Crippen molar-refractivity contribution < 1.29 is 27.6 Å². The third-order valence-corrected chi connectivity index (χ3v) is 4.63. The van der Waals surface area contributed by atoms with Crippen LogP contribution in [-0.4, -0.2) is 39.7 Å². The topological polar surface area (TPSA) is 125 Å². The molecule has 0 heterocycles. The van der Waals surface area contributed by atoms with Gasteiger partial charge in [-0.2, -0.15) is 0 Å². The first-order valence-corrected chi connectivity index (χ1v) is 9.09. The molecule has 9 nitrogen and oxygen atoms in total. The Hall–Kier alpha value is -3.14. The van der Waals surface area contributed by atoms with Crippen molar-refractivity contribution in [2.24, 2.45) is 0 Å². The molecule has 0 aliphatic carbocycles. The smallest absolute Gasteiger partial charge is 0.286 e. The van der Waals surface area contributed by atoms with Crippen molar-refractivity contribution >= 4 is 27.1 Å². The molecular weight excluding hydrogens is 364 g/mol. The number of sulfone groups is 1. The highest BCUT2D eigenvalue weighted by atomic mass is 32.2. The second-order valence-electron chi connectivity index (χ2n) is 5.20. The number of hydrogen-bond acceptors (Lipinski definition) is 7. The highest BCUT2D eigenvalue weighted by molar-refractivity contribution is 7.90. The Morgan fingerprint density at radius 1 is 1.12 bits per heavy atom. The zero-order valence-corrected chi connectivity index (χ0v) is 15.0. The number of nitro benzene ring substituents is 1. The number of rotatable bonds is 6. The highest BCUT2D eigenvalue weighted by Gasteiger charge is 2.25. The molecule has 2 rings (SSSR count). The van der Waals surface area contributed by atoms with E-state index in [1.807, 2.05) is 0 Å². The molecule has 0 spiro atoms. The van der Waals surface area contributed by atoms with E-state index in [4.69, 9.17) is 9.47 Å². The van der Waals surface area contributed by atoms with Gasteiger partial charge in [0.1, 0.15) is 5.56 Å². The zero-order valence-electron chi connectivity index (χ0n) is 14.2. The summed E-state index contributed by atoms with van der Waals surface area (Å²) in [6.07, 6.45) is 0.997. The van der Waals surface area contributed by atoms with Crippen molar-refractivity contribution in [3.63, 3.8) is 0 Å². The Morgan fingerprint density at radius 2 is 1.69 bits per heavy atom. The van der Waals surface area contributed by atoms with Crippen LogP contribution in [0.5, 0.6) is 11.5 Å². The predicted octanol–water partition coefficient (Wildman–Crippen LogP) is 2.27. The third-order valence-electron chi connectivity index (χ3n) is 3.48. The molecule has 1 amide bonds. The summed E-state index contributed by atoms with van der Waals surface area (Å²) < 4.78 is 33.7. The molecule has 0 bridgehead atoms. The van der Waals surface area contributed by atoms with Crippen molar-refractivity contribution in [1.29, 1.82) is 0 Å². The lowest BCUT2D eigenvalue weighted by Crippen LogP contribution is -2.16. The van der Waals surface area contributed by atoms with E-state index in [0.29, 0.717) is 0 Å². The normalized spacial score (nSPS) is 10.9. The predicted molar refractivity (Wildman–Crippen MR) is 93.7 cm³/mol. The van der Waals surface area contributed by atoms with E-state index < -0.39 is 26.4 Å². The van der Waals surface area contributed by atoms with Gasteiger partial charge in [0.15, 0.2) is 21.3 Å². The van der Waals surface area contributed by atoms with Crippen LogP contribution in [0.3, 0.4) is 0 Å². The standard InChI is InChI=1S/C16H16N2O7S/c1-24-13-8-10(12(18(20)21)9-14(13)25-2)16(19)17-11-6-4-5-7-15(11)26(3,22)23/h4-9H,1-3H3,(H,17,19). The summed E-state index contributed by atoms with van der Waals surface area (Å²) in [5.74, 6) is -0.638. The van der Waals surface area contributed by atoms with E-state index in [-0.39, 0.29) is 27.6 Å². The maximum Gasteiger partial charge on any atom is 0.286 e. The monoisotopic (exact) mass is 380 g/mol. The molecule has 0 aromatic heterocycles. The van der Waals surface area contributed by atoms with Crippen LogP contribution in [0, 0.1) is 10.1 Å². The summed E-state index contributed by atoms with van der Waals surface area (Å²) in [6.45, 7) is 0. The van der Waals surface area contributed by atoms with E-state index in [9.17, 15) is 23.3 Å². The van der Waals surface area contributed by atoms with Crippen LogP contribution in [0.25, 0.3) is 0 Å². The number of carbonyl (C=O) groups is 1. The minimum atomic E-state index is -3.60. The van der Waals surface area contributed by atoms with Crippen LogP contribution in [-0.2, 0) is 9.84 Å². The number of anilines is 1. The summed E-state index contributed by atoms with van der Waals surface area (Å²) in [7, 11) is -0.972. The van der Waals surface area contributed by atoms with Gasteiger partial charge in [0, 0.05) is 12.3 Å². The molecule has 26 heavy (non-hydrogen) atoms. The SMILES string of the molecule is COc1cc(C(=O)Nc2ccccc2S(C)(=O)=O)c([N+](=O)[O-])cc1OC. The number of hydrogen-bond donors (Lipinski definition) is 1. The molecule has 0 aliphatic rings. The highest BCUT2D eigenvalue weighted by Crippen LogP contribution is 2.35. The summed E-state index contributed by atoms with van der Waals surface area (Å²) in [5, 5.41) is 13.7. The molecule has 0 radical (unpaired) electrons. The molecular formula is C16H16N2O7S. The van der Waals surface area contributed by atoms with Gasteiger partial charge in [-0.1, -0.05) is 12.1 Å². The Labute approximate surface area is 149 Å². The van der Waals surface area contributed by atoms with Crippen molar-refractivity contribution in [2.45, 2.75) is 4.90 Å². The molecule has 1 N–H and O–H groups in total. The summed E-state index contributed by atoms with van der Waals surface area (Å²) in [5.41, 5.74) is -0.781. The average molecular weight is 380 g/mol. The molecule has 0 saturated carbocycles. The molecule has 2 aromatic rings. The van der Waals surface area contributed by atoms with E-state index >= 15 is 0 Å². The number of nitrogens with zero attached hydrogens (tertiary/aromatic N) is 1. The van der Waals surface area contributed by atoms with Gasteiger partial charge in [-0.25, -0.2) is 8.42 Å². The fourth-order valence-electron chi connectivity index (χ4n) is 2.28. The Bertz CT molecular complexity index is 971. The molecule has 0 fully saturated rings. The fourth-order valence-corrected chi connectivity index (χ4v) is 3.13.